The van der Waals surface area contributed by atoms with Crippen molar-refractivity contribution in [2.24, 2.45) is 0 Å². The Morgan fingerprint density at radius 1 is 1.14 bits per heavy atom. The number of benzene rings is 2. The normalized spacial score (nSPS) is 12.7. The second kappa shape index (κ2) is 7.78. The van der Waals surface area contributed by atoms with Crippen molar-refractivity contribution in [3.05, 3.63) is 90.4 Å². The zero-order chi connectivity index (χ0) is 19.5. The maximum Gasteiger partial charge on any atom is 0.338 e. The molecule has 6 heteroatoms. The van der Waals surface area contributed by atoms with Crippen LogP contribution in [0, 0.1) is 0 Å². The number of esters is 1. The number of fused-ring (bicyclic) bond motifs is 2. The van der Waals surface area contributed by atoms with Gasteiger partial charge in [-0.05, 0) is 42.5 Å². The standard InChI is InChI=1S/C22H17NO4S/c1-2-11-23-18-13-15(22(25)27-14-16-6-5-12-26-16)9-10-20(18)28-19-8-4-3-7-17(19)21(23)24/h2-10,12-13H,1,11,14H2. The van der Waals surface area contributed by atoms with E-state index in [1.165, 1.54) is 18.0 Å². The lowest BCUT2D eigenvalue weighted by Crippen LogP contribution is -2.31. The van der Waals surface area contributed by atoms with Gasteiger partial charge in [-0.25, -0.2) is 4.79 Å². The Bertz CT molecular complexity index is 1040. The summed E-state index contributed by atoms with van der Waals surface area (Å²) in [6, 6.07) is 16.2. The molecule has 4 rings (SSSR count). The van der Waals surface area contributed by atoms with Crippen LogP contribution in [0.3, 0.4) is 0 Å². The summed E-state index contributed by atoms with van der Waals surface area (Å²) in [6.45, 7) is 4.15. The fraction of sp³-hybridized carbons (Fsp3) is 0.0909. The molecule has 1 aromatic heterocycles. The number of hydrogen-bond acceptors (Lipinski definition) is 5. The van der Waals surface area contributed by atoms with Crippen molar-refractivity contribution in [3.8, 4) is 0 Å². The van der Waals surface area contributed by atoms with Gasteiger partial charge >= 0.3 is 5.97 Å². The maximum atomic E-state index is 13.1. The van der Waals surface area contributed by atoms with E-state index in [9.17, 15) is 9.59 Å². The first kappa shape index (κ1) is 18.1. The summed E-state index contributed by atoms with van der Waals surface area (Å²) in [7, 11) is 0. The number of anilines is 1. The monoisotopic (exact) mass is 391 g/mol. The second-order valence-electron chi connectivity index (χ2n) is 6.14. The molecule has 0 N–H and O–H groups in total. The lowest BCUT2D eigenvalue weighted by Gasteiger charge is -2.22. The van der Waals surface area contributed by atoms with Crippen molar-refractivity contribution in [1.29, 1.82) is 0 Å². The van der Waals surface area contributed by atoms with Crippen LogP contribution in [0.25, 0.3) is 0 Å². The molecule has 3 aromatic rings. The van der Waals surface area contributed by atoms with Crippen LogP contribution in [0.4, 0.5) is 5.69 Å². The molecule has 0 bridgehead atoms. The first-order valence-corrected chi connectivity index (χ1v) is 9.52. The summed E-state index contributed by atoms with van der Waals surface area (Å²) in [5, 5.41) is 0. The predicted molar refractivity (Wildman–Crippen MR) is 107 cm³/mol. The highest BCUT2D eigenvalue weighted by atomic mass is 32.2. The Kier molecular flexibility index (Phi) is 5.04. The molecule has 0 spiro atoms. The zero-order valence-electron chi connectivity index (χ0n) is 15.0. The Hall–Kier alpha value is -3.25. The van der Waals surface area contributed by atoms with E-state index in [0.717, 1.165) is 9.79 Å². The molecule has 28 heavy (non-hydrogen) atoms. The van der Waals surface area contributed by atoms with Crippen LogP contribution in [0.15, 0.2) is 87.7 Å². The number of furan rings is 1. The smallest absolute Gasteiger partial charge is 0.338 e. The first-order chi connectivity index (χ1) is 13.7. The highest BCUT2D eigenvalue weighted by Crippen LogP contribution is 2.41. The molecule has 2 aromatic carbocycles. The lowest BCUT2D eigenvalue weighted by atomic mass is 10.1. The SMILES string of the molecule is C=CCN1C(=O)c2ccccc2Sc2ccc(C(=O)OCc3ccco3)cc21. The molecule has 0 aliphatic carbocycles. The number of hydrogen-bond donors (Lipinski definition) is 0. The van der Waals surface area contributed by atoms with Gasteiger partial charge in [0, 0.05) is 16.3 Å². The molecule has 0 atom stereocenters. The molecule has 0 unspecified atom stereocenters. The van der Waals surface area contributed by atoms with Crippen LogP contribution in [0.5, 0.6) is 0 Å². The van der Waals surface area contributed by atoms with Gasteiger partial charge in [-0.1, -0.05) is 30.0 Å². The molecule has 0 saturated heterocycles. The highest BCUT2D eigenvalue weighted by molar-refractivity contribution is 7.99. The summed E-state index contributed by atoms with van der Waals surface area (Å²) >= 11 is 1.50. The number of rotatable bonds is 5. The fourth-order valence-electron chi connectivity index (χ4n) is 2.97. The van der Waals surface area contributed by atoms with Crippen LogP contribution in [-0.4, -0.2) is 18.4 Å². The fourth-order valence-corrected chi connectivity index (χ4v) is 4.03. The molecular weight excluding hydrogens is 374 g/mol. The van der Waals surface area contributed by atoms with Gasteiger partial charge in [0.05, 0.1) is 23.1 Å². The molecular formula is C22H17NO4S. The minimum absolute atomic E-state index is 0.0540. The molecule has 2 heterocycles. The van der Waals surface area contributed by atoms with Crippen molar-refractivity contribution in [2.45, 2.75) is 16.4 Å². The molecule has 140 valence electrons. The van der Waals surface area contributed by atoms with E-state index >= 15 is 0 Å². The summed E-state index contributed by atoms with van der Waals surface area (Å²) < 4.78 is 10.5. The summed E-state index contributed by atoms with van der Waals surface area (Å²) in [6.07, 6.45) is 3.20. The summed E-state index contributed by atoms with van der Waals surface area (Å²) in [4.78, 5) is 29.0. The molecule has 0 saturated carbocycles. The molecule has 0 fully saturated rings. The second-order valence-corrected chi connectivity index (χ2v) is 7.22. The van der Waals surface area contributed by atoms with Gasteiger partial charge in [0.25, 0.3) is 5.91 Å². The van der Waals surface area contributed by atoms with E-state index in [1.807, 2.05) is 30.3 Å². The van der Waals surface area contributed by atoms with Crippen molar-refractivity contribution in [1.82, 2.24) is 0 Å². The number of carbonyl (C=O) groups excluding carboxylic acids is 2. The maximum absolute atomic E-state index is 13.1. The Morgan fingerprint density at radius 2 is 2.00 bits per heavy atom. The Balaban J connectivity index is 1.67. The van der Waals surface area contributed by atoms with Crippen LogP contribution in [0.1, 0.15) is 26.5 Å². The Morgan fingerprint density at radius 3 is 2.79 bits per heavy atom. The minimum atomic E-state index is -0.475. The van der Waals surface area contributed by atoms with Crippen molar-refractivity contribution in [3.63, 3.8) is 0 Å². The third-order valence-corrected chi connectivity index (χ3v) is 5.45. The third-order valence-electron chi connectivity index (χ3n) is 4.31. The van der Waals surface area contributed by atoms with Crippen molar-refractivity contribution in [2.75, 3.05) is 11.4 Å². The Labute approximate surface area is 166 Å². The molecule has 5 nitrogen and oxygen atoms in total. The van der Waals surface area contributed by atoms with Gasteiger partial charge < -0.3 is 14.1 Å². The predicted octanol–water partition coefficient (Wildman–Crippen LogP) is 4.93. The lowest BCUT2D eigenvalue weighted by molar-refractivity contribution is 0.0445. The van der Waals surface area contributed by atoms with Gasteiger partial charge in [0.15, 0.2) is 0 Å². The van der Waals surface area contributed by atoms with Gasteiger partial charge in [0.2, 0.25) is 0 Å². The minimum Gasteiger partial charge on any atom is -0.466 e. The van der Waals surface area contributed by atoms with E-state index in [-0.39, 0.29) is 12.5 Å². The zero-order valence-corrected chi connectivity index (χ0v) is 15.8. The van der Waals surface area contributed by atoms with Crippen LogP contribution in [0.2, 0.25) is 0 Å². The van der Waals surface area contributed by atoms with Crippen LogP contribution in [-0.2, 0) is 11.3 Å². The van der Waals surface area contributed by atoms with Gasteiger partial charge in [0.1, 0.15) is 12.4 Å². The van der Waals surface area contributed by atoms with E-state index in [0.29, 0.717) is 29.1 Å². The number of amides is 1. The topological polar surface area (TPSA) is 59.8 Å². The molecule has 1 aliphatic heterocycles. The van der Waals surface area contributed by atoms with E-state index in [4.69, 9.17) is 9.15 Å². The molecule has 1 aliphatic rings. The largest absolute Gasteiger partial charge is 0.466 e. The average molecular weight is 391 g/mol. The van der Waals surface area contributed by atoms with Gasteiger partial charge in [-0.2, -0.15) is 0 Å². The van der Waals surface area contributed by atoms with Gasteiger partial charge in [-0.3, -0.25) is 4.79 Å². The van der Waals surface area contributed by atoms with E-state index < -0.39 is 5.97 Å². The molecule has 1 amide bonds. The van der Waals surface area contributed by atoms with E-state index in [2.05, 4.69) is 6.58 Å². The average Bonchev–Trinajstić information content (AvgIpc) is 3.20. The van der Waals surface area contributed by atoms with Crippen molar-refractivity contribution >= 4 is 29.3 Å². The first-order valence-electron chi connectivity index (χ1n) is 8.70. The summed E-state index contributed by atoms with van der Waals surface area (Å²) in [5.74, 6) is -0.0302. The van der Waals surface area contributed by atoms with E-state index in [1.54, 1.807) is 35.2 Å². The number of nitrogens with zero attached hydrogens (tertiary/aromatic N) is 1. The van der Waals surface area contributed by atoms with Crippen LogP contribution >= 0.6 is 11.8 Å². The van der Waals surface area contributed by atoms with Gasteiger partial charge in [-0.15, -0.1) is 6.58 Å². The highest BCUT2D eigenvalue weighted by Gasteiger charge is 2.27. The van der Waals surface area contributed by atoms with Crippen LogP contribution < -0.4 is 4.90 Å². The number of ether oxygens (including phenoxy) is 1. The van der Waals surface area contributed by atoms with Crippen molar-refractivity contribution < 1.29 is 18.7 Å². The number of carbonyl (C=O) groups is 2. The molecule has 0 radical (unpaired) electrons. The third kappa shape index (κ3) is 3.46. The summed E-state index contributed by atoms with van der Waals surface area (Å²) in [5.41, 5.74) is 1.67. The quantitative estimate of drug-likeness (QED) is 0.456.